The number of nitrogens with two attached hydrogens (primary N) is 1. The SMILES string of the molecule is CCCN1CCC(NC(=O)CCCN)CC1. The Morgan fingerprint density at radius 3 is 2.69 bits per heavy atom. The van der Waals surface area contributed by atoms with Crippen LogP contribution < -0.4 is 11.1 Å². The van der Waals surface area contributed by atoms with Crippen molar-refractivity contribution in [3.63, 3.8) is 0 Å². The maximum atomic E-state index is 11.5. The molecule has 1 heterocycles. The van der Waals surface area contributed by atoms with Gasteiger partial charge in [-0.15, -0.1) is 0 Å². The Labute approximate surface area is 98.6 Å². The van der Waals surface area contributed by atoms with Gasteiger partial charge in [-0.25, -0.2) is 0 Å². The number of nitrogens with one attached hydrogen (secondary N) is 1. The van der Waals surface area contributed by atoms with Crippen molar-refractivity contribution in [2.75, 3.05) is 26.2 Å². The number of hydrogen-bond acceptors (Lipinski definition) is 3. The predicted molar refractivity (Wildman–Crippen MR) is 66.2 cm³/mol. The summed E-state index contributed by atoms with van der Waals surface area (Å²) in [7, 11) is 0. The molecule has 1 amide bonds. The number of likely N-dealkylation sites (tertiary alicyclic amines) is 1. The Balaban J connectivity index is 2.14. The molecule has 0 aromatic carbocycles. The third-order valence-corrected chi connectivity index (χ3v) is 3.10. The molecule has 0 aromatic rings. The maximum absolute atomic E-state index is 11.5. The zero-order chi connectivity index (χ0) is 11.8. The highest BCUT2D eigenvalue weighted by atomic mass is 16.1. The summed E-state index contributed by atoms with van der Waals surface area (Å²) >= 11 is 0. The lowest BCUT2D eigenvalue weighted by Crippen LogP contribution is -2.44. The number of carbonyl (C=O) groups is 1. The molecule has 4 heteroatoms. The first kappa shape index (κ1) is 13.5. The zero-order valence-electron chi connectivity index (χ0n) is 10.4. The van der Waals surface area contributed by atoms with Crippen molar-refractivity contribution < 1.29 is 4.79 Å². The van der Waals surface area contributed by atoms with E-state index in [-0.39, 0.29) is 5.91 Å². The van der Waals surface area contributed by atoms with Crippen LogP contribution in [-0.4, -0.2) is 43.0 Å². The van der Waals surface area contributed by atoms with E-state index >= 15 is 0 Å². The van der Waals surface area contributed by atoms with Gasteiger partial charge in [0.15, 0.2) is 0 Å². The molecule has 0 saturated carbocycles. The molecule has 1 saturated heterocycles. The van der Waals surface area contributed by atoms with Crippen LogP contribution in [0.5, 0.6) is 0 Å². The minimum atomic E-state index is 0.166. The number of amides is 1. The van der Waals surface area contributed by atoms with Gasteiger partial charge in [0.25, 0.3) is 0 Å². The predicted octanol–water partition coefficient (Wildman–Crippen LogP) is 0.716. The Bertz CT molecular complexity index is 200. The molecule has 0 bridgehead atoms. The van der Waals surface area contributed by atoms with Crippen molar-refractivity contribution in [1.82, 2.24) is 10.2 Å². The fourth-order valence-corrected chi connectivity index (χ4v) is 2.18. The van der Waals surface area contributed by atoms with Crippen molar-refractivity contribution in [3.05, 3.63) is 0 Å². The van der Waals surface area contributed by atoms with Crippen molar-refractivity contribution >= 4 is 5.91 Å². The minimum Gasteiger partial charge on any atom is -0.353 e. The standard InChI is InChI=1S/C12H25N3O/c1-2-8-15-9-5-11(6-10-15)14-12(16)4-3-7-13/h11H,2-10,13H2,1H3,(H,14,16). The second kappa shape index (κ2) is 7.63. The Morgan fingerprint density at radius 1 is 1.44 bits per heavy atom. The molecular weight excluding hydrogens is 202 g/mol. The topological polar surface area (TPSA) is 58.4 Å². The molecule has 0 radical (unpaired) electrons. The van der Waals surface area contributed by atoms with Crippen molar-refractivity contribution in [3.8, 4) is 0 Å². The van der Waals surface area contributed by atoms with Crippen LogP contribution in [0, 0.1) is 0 Å². The fraction of sp³-hybridized carbons (Fsp3) is 0.917. The Kier molecular flexibility index (Phi) is 6.42. The second-order valence-electron chi connectivity index (χ2n) is 4.58. The summed E-state index contributed by atoms with van der Waals surface area (Å²) in [5.74, 6) is 0.166. The number of rotatable bonds is 6. The second-order valence-corrected chi connectivity index (χ2v) is 4.58. The van der Waals surface area contributed by atoms with Crippen LogP contribution in [0.15, 0.2) is 0 Å². The average Bonchev–Trinajstić information content (AvgIpc) is 2.29. The van der Waals surface area contributed by atoms with Gasteiger partial charge in [-0.05, 0) is 38.8 Å². The highest BCUT2D eigenvalue weighted by Crippen LogP contribution is 2.10. The van der Waals surface area contributed by atoms with E-state index in [0.29, 0.717) is 19.0 Å². The highest BCUT2D eigenvalue weighted by Gasteiger charge is 2.19. The van der Waals surface area contributed by atoms with Gasteiger partial charge in [-0.1, -0.05) is 6.92 Å². The van der Waals surface area contributed by atoms with Gasteiger partial charge >= 0.3 is 0 Å². The monoisotopic (exact) mass is 227 g/mol. The lowest BCUT2D eigenvalue weighted by atomic mass is 10.0. The molecule has 0 atom stereocenters. The smallest absolute Gasteiger partial charge is 0.220 e. The van der Waals surface area contributed by atoms with E-state index in [0.717, 1.165) is 32.4 Å². The molecule has 1 aliphatic rings. The van der Waals surface area contributed by atoms with E-state index in [2.05, 4.69) is 17.1 Å². The van der Waals surface area contributed by atoms with E-state index in [4.69, 9.17) is 5.73 Å². The Hall–Kier alpha value is -0.610. The largest absolute Gasteiger partial charge is 0.353 e. The van der Waals surface area contributed by atoms with Gasteiger partial charge in [0.1, 0.15) is 0 Å². The van der Waals surface area contributed by atoms with Gasteiger partial charge in [0.05, 0.1) is 0 Å². The summed E-state index contributed by atoms with van der Waals surface area (Å²) in [4.78, 5) is 14.0. The number of piperidine rings is 1. The molecule has 1 aliphatic heterocycles. The lowest BCUT2D eigenvalue weighted by Gasteiger charge is -2.32. The van der Waals surface area contributed by atoms with Crippen molar-refractivity contribution in [1.29, 1.82) is 0 Å². The molecule has 3 N–H and O–H groups in total. The summed E-state index contributed by atoms with van der Waals surface area (Å²) in [5, 5.41) is 3.10. The van der Waals surface area contributed by atoms with Gasteiger partial charge in [0, 0.05) is 25.6 Å². The van der Waals surface area contributed by atoms with Crippen LogP contribution in [-0.2, 0) is 4.79 Å². The van der Waals surface area contributed by atoms with Crippen molar-refractivity contribution in [2.45, 2.75) is 45.1 Å². The average molecular weight is 227 g/mol. The summed E-state index contributed by atoms with van der Waals surface area (Å²) in [5.41, 5.74) is 5.37. The van der Waals surface area contributed by atoms with Crippen LogP contribution in [0.2, 0.25) is 0 Å². The first-order chi connectivity index (χ1) is 7.76. The normalized spacial score (nSPS) is 18.6. The molecule has 0 aliphatic carbocycles. The van der Waals surface area contributed by atoms with E-state index in [1.54, 1.807) is 0 Å². The molecule has 0 unspecified atom stereocenters. The Morgan fingerprint density at radius 2 is 2.12 bits per heavy atom. The van der Waals surface area contributed by atoms with E-state index in [1.165, 1.54) is 13.0 Å². The van der Waals surface area contributed by atoms with Gasteiger partial charge < -0.3 is 16.0 Å². The van der Waals surface area contributed by atoms with Crippen LogP contribution in [0.4, 0.5) is 0 Å². The first-order valence-electron chi connectivity index (χ1n) is 6.48. The lowest BCUT2D eigenvalue weighted by molar-refractivity contribution is -0.122. The summed E-state index contributed by atoms with van der Waals surface area (Å²) < 4.78 is 0. The molecule has 0 aromatic heterocycles. The minimum absolute atomic E-state index is 0.166. The number of hydrogen-bond donors (Lipinski definition) is 2. The molecule has 4 nitrogen and oxygen atoms in total. The third kappa shape index (κ3) is 4.94. The van der Waals surface area contributed by atoms with Crippen LogP contribution in [0.3, 0.4) is 0 Å². The van der Waals surface area contributed by atoms with Gasteiger partial charge in [0.2, 0.25) is 5.91 Å². The number of nitrogens with zero attached hydrogens (tertiary/aromatic N) is 1. The first-order valence-corrected chi connectivity index (χ1v) is 6.48. The molecule has 94 valence electrons. The quantitative estimate of drug-likeness (QED) is 0.703. The summed E-state index contributed by atoms with van der Waals surface area (Å²) in [6, 6.07) is 0.387. The van der Waals surface area contributed by atoms with Gasteiger partial charge in [-0.2, -0.15) is 0 Å². The van der Waals surface area contributed by atoms with E-state index in [1.807, 2.05) is 0 Å². The van der Waals surface area contributed by atoms with Crippen LogP contribution in [0.25, 0.3) is 0 Å². The molecule has 1 fully saturated rings. The molecule has 16 heavy (non-hydrogen) atoms. The summed E-state index contributed by atoms with van der Waals surface area (Å²) in [6.07, 6.45) is 4.77. The maximum Gasteiger partial charge on any atom is 0.220 e. The van der Waals surface area contributed by atoms with E-state index in [9.17, 15) is 4.79 Å². The van der Waals surface area contributed by atoms with Gasteiger partial charge in [-0.3, -0.25) is 4.79 Å². The molecule has 1 rings (SSSR count). The summed E-state index contributed by atoms with van der Waals surface area (Å²) in [6.45, 7) is 6.24. The van der Waals surface area contributed by atoms with Crippen LogP contribution >= 0.6 is 0 Å². The molecular formula is C12H25N3O. The third-order valence-electron chi connectivity index (χ3n) is 3.10. The fourth-order valence-electron chi connectivity index (χ4n) is 2.18. The van der Waals surface area contributed by atoms with E-state index < -0.39 is 0 Å². The van der Waals surface area contributed by atoms with Crippen LogP contribution in [0.1, 0.15) is 39.0 Å². The van der Waals surface area contributed by atoms with Crippen molar-refractivity contribution in [2.24, 2.45) is 5.73 Å². The number of carbonyl (C=O) groups excluding carboxylic acids is 1. The zero-order valence-corrected chi connectivity index (χ0v) is 10.4. The molecule has 0 spiro atoms. The highest BCUT2D eigenvalue weighted by molar-refractivity contribution is 5.76.